The lowest BCUT2D eigenvalue weighted by Gasteiger charge is -2.12. The van der Waals surface area contributed by atoms with Crippen molar-refractivity contribution in [2.24, 2.45) is 4.99 Å². The predicted octanol–water partition coefficient (Wildman–Crippen LogP) is 4.14. The molecule has 0 amide bonds. The quantitative estimate of drug-likeness (QED) is 0.580. The van der Waals surface area contributed by atoms with Gasteiger partial charge in [0.15, 0.2) is 17.2 Å². The largest absolute Gasteiger partial charge is 0.493 e. The summed E-state index contributed by atoms with van der Waals surface area (Å²) in [5.41, 5.74) is 2.85. The van der Waals surface area contributed by atoms with E-state index in [0.29, 0.717) is 24.0 Å². The van der Waals surface area contributed by atoms with Crippen molar-refractivity contribution in [2.45, 2.75) is 20.3 Å². The summed E-state index contributed by atoms with van der Waals surface area (Å²) in [5.74, 6) is 1.03. The van der Waals surface area contributed by atoms with E-state index in [1.165, 1.54) is 0 Å². The molecule has 0 unspecified atom stereocenters. The molecule has 1 aliphatic heterocycles. The summed E-state index contributed by atoms with van der Waals surface area (Å²) in [6.45, 7) is 4.58. The molecule has 0 aromatic heterocycles. The lowest BCUT2D eigenvalue weighted by Crippen LogP contribution is -2.05. The van der Waals surface area contributed by atoms with Crippen LogP contribution < -0.4 is 9.47 Å². The number of aliphatic imine (C=N–C) groups is 1. The van der Waals surface area contributed by atoms with Crippen molar-refractivity contribution < 1.29 is 19.0 Å². The van der Waals surface area contributed by atoms with Gasteiger partial charge in [-0.25, -0.2) is 9.79 Å². The zero-order chi connectivity index (χ0) is 18.5. The van der Waals surface area contributed by atoms with Crippen LogP contribution in [0.3, 0.4) is 0 Å². The highest BCUT2D eigenvalue weighted by molar-refractivity contribution is 6.13. The molecule has 1 heterocycles. The minimum absolute atomic E-state index is 0.232. The molecule has 134 valence electrons. The number of methoxy groups -OCH3 is 1. The highest BCUT2D eigenvalue weighted by Crippen LogP contribution is 2.33. The first-order valence-electron chi connectivity index (χ1n) is 8.51. The standard InChI is InChI=1S/C21H21NO4/c1-4-12-25-19-16(6-5-7-18(19)24-3)13-17-21(23)26-20(22-17)15-10-8-14(2)9-11-15/h5-11,13H,4,12H2,1-3H3/b17-13-. The van der Waals surface area contributed by atoms with Crippen molar-refractivity contribution in [3.8, 4) is 11.5 Å². The molecule has 2 aromatic rings. The normalized spacial score (nSPS) is 15.0. The Morgan fingerprint density at radius 3 is 2.62 bits per heavy atom. The van der Waals surface area contributed by atoms with Crippen LogP contribution in [-0.2, 0) is 9.53 Å². The molecule has 0 saturated heterocycles. The Balaban J connectivity index is 1.96. The fourth-order valence-corrected chi connectivity index (χ4v) is 2.54. The van der Waals surface area contributed by atoms with Gasteiger partial charge in [0.05, 0.1) is 13.7 Å². The molecular weight excluding hydrogens is 330 g/mol. The molecule has 0 spiro atoms. The van der Waals surface area contributed by atoms with Gasteiger partial charge < -0.3 is 14.2 Å². The fourth-order valence-electron chi connectivity index (χ4n) is 2.54. The van der Waals surface area contributed by atoms with Crippen LogP contribution in [0.1, 0.15) is 30.0 Å². The maximum atomic E-state index is 12.2. The van der Waals surface area contributed by atoms with Crippen molar-refractivity contribution in [2.75, 3.05) is 13.7 Å². The minimum atomic E-state index is -0.482. The van der Waals surface area contributed by atoms with Gasteiger partial charge in [-0.2, -0.15) is 0 Å². The van der Waals surface area contributed by atoms with Crippen molar-refractivity contribution in [1.29, 1.82) is 0 Å². The third kappa shape index (κ3) is 3.77. The lowest BCUT2D eigenvalue weighted by molar-refractivity contribution is -0.129. The second kappa shape index (κ2) is 7.87. The number of carbonyl (C=O) groups is 1. The van der Waals surface area contributed by atoms with E-state index in [-0.39, 0.29) is 5.70 Å². The molecule has 5 heteroatoms. The first kappa shape index (κ1) is 17.7. The van der Waals surface area contributed by atoms with Gasteiger partial charge in [0.1, 0.15) is 0 Å². The fraction of sp³-hybridized carbons (Fsp3) is 0.238. The Morgan fingerprint density at radius 2 is 1.92 bits per heavy atom. The first-order chi connectivity index (χ1) is 12.6. The molecular formula is C21H21NO4. The van der Waals surface area contributed by atoms with E-state index >= 15 is 0 Å². The van der Waals surface area contributed by atoms with Crippen LogP contribution >= 0.6 is 0 Å². The number of aryl methyl sites for hydroxylation is 1. The number of ether oxygens (including phenoxy) is 3. The molecule has 26 heavy (non-hydrogen) atoms. The summed E-state index contributed by atoms with van der Waals surface area (Å²) >= 11 is 0. The van der Waals surface area contributed by atoms with Crippen LogP contribution in [0.2, 0.25) is 0 Å². The van der Waals surface area contributed by atoms with E-state index in [9.17, 15) is 4.79 Å². The average molecular weight is 351 g/mol. The van der Waals surface area contributed by atoms with E-state index in [2.05, 4.69) is 4.99 Å². The number of para-hydroxylation sites is 1. The number of esters is 1. The summed E-state index contributed by atoms with van der Waals surface area (Å²) in [7, 11) is 1.59. The molecule has 0 N–H and O–H groups in total. The number of cyclic esters (lactones) is 1. The van der Waals surface area contributed by atoms with E-state index < -0.39 is 5.97 Å². The molecule has 2 aromatic carbocycles. The topological polar surface area (TPSA) is 57.1 Å². The van der Waals surface area contributed by atoms with Crippen molar-refractivity contribution >= 4 is 17.9 Å². The van der Waals surface area contributed by atoms with Gasteiger partial charge >= 0.3 is 5.97 Å². The summed E-state index contributed by atoms with van der Waals surface area (Å²) in [6, 6.07) is 13.2. The number of hydrogen-bond donors (Lipinski definition) is 0. The third-order valence-electron chi connectivity index (χ3n) is 3.89. The summed E-state index contributed by atoms with van der Waals surface area (Å²) in [6.07, 6.45) is 2.53. The molecule has 5 nitrogen and oxygen atoms in total. The summed E-state index contributed by atoms with van der Waals surface area (Å²) in [5, 5.41) is 0. The highest BCUT2D eigenvalue weighted by Gasteiger charge is 2.24. The Labute approximate surface area is 152 Å². The van der Waals surface area contributed by atoms with E-state index in [1.807, 2.05) is 56.3 Å². The Hall–Kier alpha value is -3.08. The zero-order valence-corrected chi connectivity index (χ0v) is 15.1. The summed E-state index contributed by atoms with van der Waals surface area (Å²) in [4.78, 5) is 16.6. The molecule has 0 fully saturated rings. The first-order valence-corrected chi connectivity index (χ1v) is 8.51. The lowest BCUT2D eigenvalue weighted by atomic mass is 10.1. The van der Waals surface area contributed by atoms with Gasteiger partial charge in [0.2, 0.25) is 5.90 Å². The number of rotatable bonds is 6. The van der Waals surface area contributed by atoms with Gasteiger partial charge in [-0.3, -0.25) is 0 Å². The molecule has 0 atom stereocenters. The van der Waals surface area contributed by atoms with Crippen molar-refractivity contribution in [3.05, 3.63) is 64.9 Å². The molecule has 0 bridgehead atoms. The van der Waals surface area contributed by atoms with E-state index in [4.69, 9.17) is 14.2 Å². The highest BCUT2D eigenvalue weighted by atomic mass is 16.6. The maximum Gasteiger partial charge on any atom is 0.363 e. The van der Waals surface area contributed by atoms with Gasteiger partial charge in [0, 0.05) is 11.1 Å². The van der Waals surface area contributed by atoms with Crippen molar-refractivity contribution in [1.82, 2.24) is 0 Å². The Bertz CT molecular complexity index is 866. The number of benzene rings is 2. The van der Waals surface area contributed by atoms with Crippen molar-refractivity contribution in [3.63, 3.8) is 0 Å². The van der Waals surface area contributed by atoms with Crippen LogP contribution in [0.4, 0.5) is 0 Å². The van der Waals surface area contributed by atoms with Gasteiger partial charge in [-0.1, -0.05) is 36.8 Å². The average Bonchev–Trinajstić information content (AvgIpc) is 3.01. The second-order valence-corrected chi connectivity index (χ2v) is 5.93. The number of carbonyl (C=O) groups excluding carboxylic acids is 1. The Morgan fingerprint density at radius 1 is 1.15 bits per heavy atom. The Kier molecular flexibility index (Phi) is 5.37. The second-order valence-electron chi connectivity index (χ2n) is 5.93. The van der Waals surface area contributed by atoms with E-state index in [0.717, 1.165) is 23.1 Å². The molecule has 3 rings (SSSR count). The smallest absolute Gasteiger partial charge is 0.363 e. The van der Waals surface area contributed by atoms with Gasteiger partial charge in [-0.15, -0.1) is 0 Å². The SMILES string of the molecule is CCCOc1c(/C=C2\N=C(c3ccc(C)cc3)OC2=O)cccc1OC. The van der Waals surface area contributed by atoms with Gasteiger partial charge in [0.25, 0.3) is 0 Å². The molecule has 1 aliphatic rings. The predicted molar refractivity (Wildman–Crippen MR) is 101 cm³/mol. The zero-order valence-electron chi connectivity index (χ0n) is 15.1. The minimum Gasteiger partial charge on any atom is -0.493 e. The third-order valence-corrected chi connectivity index (χ3v) is 3.89. The van der Waals surface area contributed by atoms with Crippen LogP contribution in [0.25, 0.3) is 6.08 Å². The maximum absolute atomic E-state index is 12.2. The number of hydrogen-bond acceptors (Lipinski definition) is 5. The summed E-state index contributed by atoms with van der Waals surface area (Å²) < 4.78 is 16.5. The molecule has 0 radical (unpaired) electrons. The monoisotopic (exact) mass is 351 g/mol. The number of nitrogens with zero attached hydrogens (tertiary/aromatic N) is 1. The molecule has 0 aliphatic carbocycles. The van der Waals surface area contributed by atoms with Gasteiger partial charge in [-0.05, 0) is 37.6 Å². The van der Waals surface area contributed by atoms with Crippen LogP contribution in [0.15, 0.2) is 53.2 Å². The van der Waals surface area contributed by atoms with E-state index in [1.54, 1.807) is 13.2 Å². The van der Waals surface area contributed by atoms with Crippen LogP contribution in [-0.4, -0.2) is 25.6 Å². The molecule has 0 saturated carbocycles. The van der Waals surface area contributed by atoms with Crippen LogP contribution in [0, 0.1) is 6.92 Å². The van der Waals surface area contributed by atoms with Crippen LogP contribution in [0.5, 0.6) is 11.5 Å².